The van der Waals surface area contributed by atoms with Crippen molar-refractivity contribution in [3.63, 3.8) is 0 Å². The predicted octanol–water partition coefficient (Wildman–Crippen LogP) is 3.85. The van der Waals surface area contributed by atoms with Gasteiger partial charge in [-0.1, -0.05) is 67.1 Å². The number of allylic oxidation sites excluding steroid dienone is 1. The fourth-order valence-corrected chi connectivity index (χ4v) is 4.66. The molecule has 5 heteroatoms. The van der Waals surface area contributed by atoms with Gasteiger partial charge >= 0.3 is 0 Å². The molecule has 2 aromatic rings. The highest BCUT2D eigenvalue weighted by Crippen LogP contribution is 2.44. The van der Waals surface area contributed by atoms with Crippen molar-refractivity contribution in [2.24, 2.45) is 5.92 Å². The van der Waals surface area contributed by atoms with E-state index in [0.717, 1.165) is 21.9 Å². The number of nitrogens with zero attached hydrogens (tertiary/aromatic N) is 1. The van der Waals surface area contributed by atoms with Crippen LogP contribution in [0.2, 0.25) is 0 Å². The zero-order valence-corrected chi connectivity index (χ0v) is 15.1. The number of carbonyl (C=O) groups is 1. The molecule has 0 aromatic heterocycles. The Kier molecular flexibility index (Phi) is 4.77. The summed E-state index contributed by atoms with van der Waals surface area (Å²) in [6.45, 7) is 3.88. The number of benzene rings is 2. The van der Waals surface area contributed by atoms with Gasteiger partial charge < -0.3 is 0 Å². The van der Waals surface area contributed by atoms with Crippen LogP contribution in [0.4, 0.5) is 0 Å². The number of aryl methyl sites for hydroxylation is 1. The van der Waals surface area contributed by atoms with Gasteiger partial charge in [-0.2, -0.15) is 0 Å². The molecule has 25 heavy (non-hydrogen) atoms. The minimum atomic E-state index is -3.87. The molecule has 130 valence electrons. The number of sulfonamides is 1. The molecule has 1 aliphatic heterocycles. The van der Waals surface area contributed by atoms with Gasteiger partial charge in [-0.15, -0.1) is 0 Å². The Bertz CT molecular complexity index is 886. The minimum Gasteiger partial charge on any atom is -0.273 e. The number of rotatable bonds is 5. The number of β-lactam (4-membered cyclic amide) rings is 1. The fraction of sp³-hybridized carbons (Fsp3) is 0.250. The van der Waals surface area contributed by atoms with Crippen LogP contribution in [0.3, 0.4) is 0 Å². The fourth-order valence-electron chi connectivity index (χ4n) is 3.04. The van der Waals surface area contributed by atoms with Crippen LogP contribution in [0.1, 0.15) is 30.5 Å². The third-order valence-electron chi connectivity index (χ3n) is 4.39. The van der Waals surface area contributed by atoms with Gasteiger partial charge in [0.2, 0.25) is 5.91 Å². The summed E-state index contributed by atoms with van der Waals surface area (Å²) in [4.78, 5) is 12.8. The van der Waals surface area contributed by atoms with E-state index in [-0.39, 0.29) is 10.8 Å². The average Bonchev–Trinajstić information content (AvgIpc) is 2.60. The van der Waals surface area contributed by atoms with Crippen LogP contribution in [0.25, 0.3) is 0 Å². The molecule has 0 aliphatic carbocycles. The van der Waals surface area contributed by atoms with Gasteiger partial charge in [0.15, 0.2) is 0 Å². The third kappa shape index (κ3) is 3.12. The van der Waals surface area contributed by atoms with Gasteiger partial charge in [0.1, 0.15) is 0 Å². The normalized spacial score (nSPS) is 20.7. The Labute approximate surface area is 148 Å². The van der Waals surface area contributed by atoms with Crippen LogP contribution in [0, 0.1) is 12.8 Å². The van der Waals surface area contributed by atoms with Gasteiger partial charge in [0, 0.05) is 0 Å². The lowest BCUT2D eigenvalue weighted by Gasteiger charge is -2.45. The van der Waals surface area contributed by atoms with E-state index >= 15 is 0 Å². The number of amides is 1. The van der Waals surface area contributed by atoms with Crippen molar-refractivity contribution < 1.29 is 13.2 Å². The number of carbonyl (C=O) groups excluding carboxylic acids is 1. The van der Waals surface area contributed by atoms with E-state index in [2.05, 4.69) is 0 Å². The SMILES string of the molecule is CC/C=C/[C@@H]1C(=O)N(S(=O)(=O)c2ccc(C)cc2)[C@H]1c1ccccc1. The summed E-state index contributed by atoms with van der Waals surface area (Å²) < 4.78 is 27.1. The highest BCUT2D eigenvalue weighted by Gasteiger charge is 2.52. The minimum absolute atomic E-state index is 0.144. The van der Waals surface area contributed by atoms with Crippen LogP contribution in [-0.4, -0.2) is 18.6 Å². The first-order valence-electron chi connectivity index (χ1n) is 8.33. The predicted molar refractivity (Wildman–Crippen MR) is 97.3 cm³/mol. The van der Waals surface area contributed by atoms with Gasteiger partial charge in [0.05, 0.1) is 16.9 Å². The average molecular weight is 355 g/mol. The highest BCUT2D eigenvalue weighted by molar-refractivity contribution is 7.89. The summed E-state index contributed by atoms with van der Waals surface area (Å²) in [6.07, 6.45) is 4.53. The topological polar surface area (TPSA) is 54.5 Å². The first kappa shape index (κ1) is 17.4. The Morgan fingerprint density at radius 3 is 2.28 bits per heavy atom. The molecule has 1 aliphatic rings. The molecule has 0 N–H and O–H groups in total. The van der Waals surface area contributed by atoms with Crippen molar-refractivity contribution >= 4 is 15.9 Å². The summed E-state index contributed by atoms with van der Waals surface area (Å²) in [7, 11) is -3.87. The van der Waals surface area contributed by atoms with Gasteiger partial charge in [-0.25, -0.2) is 12.7 Å². The smallest absolute Gasteiger partial charge is 0.267 e. The molecular formula is C20H21NO3S. The van der Waals surface area contributed by atoms with E-state index in [4.69, 9.17) is 0 Å². The maximum atomic E-state index is 13.0. The molecule has 4 nitrogen and oxygen atoms in total. The lowest BCUT2D eigenvalue weighted by Crippen LogP contribution is -2.56. The first-order chi connectivity index (χ1) is 12.0. The molecule has 0 unspecified atom stereocenters. The maximum Gasteiger partial charge on any atom is 0.267 e. The molecule has 3 rings (SSSR count). The van der Waals surface area contributed by atoms with Crippen LogP contribution < -0.4 is 0 Å². The van der Waals surface area contributed by atoms with Gasteiger partial charge in [0.25, 0.3) is 10.0 Å². The lowest BCUT2D eigenvalue weighted by atomic mass is 9.84. The van der Waals surface area contributed by atoms with Crippen molar-refractivity contribution in [1.82, 2.24) is 4.31 Å². The Balaban J connectivity index is 2.03. The van der Waals surface area contributed by atoms with Crippen LogP contribution in [-0.2, 0) is 14.8 Å². The molecule has 2 aromatic carbocycles. The second-order valence-electron chi connectivity index (χ2n) is 6.17. The Morgan fingerprint density at radius 1 is 1.04 bits per heavy atom. The van der Waals surface area contributed by atoms with Gasteiger partial charge in [-0.05, 0) is 31.0 Å². The molecule has 0 radical (unpaired) electrons. The van der Waals surface area contributed by atoms with Crippen LogP contribution >= 0.6 is 0 Å². The van der Waals surface area contributed by atoms with Crippen LogP contribution in [0.15, 0.2) is 71.6 Å². The summed E-state index contributed by atoms with van der Waals surface area (Å²) in [6, 6.07) is 15.4. The lowest BCUT2D eigenvalue weighted by molar-refractivity contribution is -0.143. The zero-order valence-electron chi connectivity index (χ0n) is 14.3. The third-order valence-corrected chi connectivity index (χ3v) is 6.19. The number of hydrogen-bond donors (Lipinski definition) is 0. The summed E-state index contributed by atoms with van der Waals surface area (Å²) in [5, 5.41) is 0. The molecule has 1 heterocycles. The molecule has 2 atom stereocenters. The molecule has 1 fully saturated rings. The van der Waals surface area contributed by atoms with Crippen molar-refractivity contribution in [2.45, 2.75) is 31.2 Å². The summed E-state index contributed by atoms with van der Waals surface area (Å²) in [5.74, 6) is -0.818. The highest BCUT2D eigenvalue weighted by atomic mass is 32.2. The Hall–Kier alpha value is -2.40. The molecular weight excluding hydrogens is 334 g/mol. The molecule has 0 spiro atoms. The second kappa shape index (κ2) is 6.84. The van der Waals surface area contributed by atoms with E-state index in [1.54, 1.807) is 24.3 Å². The van der Waals surface area contributed by atoms with E-state index in [0.29, 0.717) is 0 Å². The van der Waals surface area contributed by atoms with Crippen molar-refractivity contribution in [3.05, 3.63) is 77.9 Å². The zero-order chi connectivity index (χ0) is 18.0. The second-order valence-corrected chi connectivity index (χ2v) is 7.98. The molecule has 1 amide bonds. The quantitative estimate of drug-likeness (QED) is 0.605. The van der Waals surface area contributed by atoms with Crippen molar-refractivity contribution in [2.75, 3.05) is 0 Å². The van der Waals surface area contributed by atoms with E-state index in [1.807, 2.05) is 56.3 Å². The monoisotopic (exact) mass is 355 g/mol. The summed E-state index contributed by atoms with van der Waals surface area (Å²) in [5.41, 5.74) is 1.79. The maximum absolute atomic E-state index is 13.0. The molecule has 0 saturated carbocycles. The summed E-state index contributed by atoms with van der Waals surface area (Å²) >= 11 is 0. The molecule has 1 saturated heterocycles. The molecule has 0 bridgehead atoms. The van der Waals surface area contributed by atoms with Gasteiger partial charge in [-0.3, -0.25) is 4.79 Å². The van der Waals surface area contributed by atoms with E-state index in [1.165, 1.54) is 0 Å². The number of hydrogen-bond acceptors (Lipinski definition) is 3. The van der Waals surface area contributed by atoms with E-state index < -0.39 is 22.0 Å². The van der Waals surface area contributed by atoms with E-state index in [9.17, 15) is 13.2 Å². The Morgan fingerprint density at radius 2 is 1.68 bits per heavy atom. The van der Waals surface area contributed by atoms with Crippen molar-refractivity contribution in [3.8, 4) is 0 Å². The first-order valence-corrected chi connectivity index (χ1v) is 9.77. The van der Waals surface area contributed by atoms with Crippen molar-refractivity contribution in [1.29, 1.82) is 0 Å². The largest absolute Gasteiger partial charge is 0.273 e. The standard InChI is InChI=1S/C20H21NO3S/c1-3-4-10-18-19(16-8-6-5-7-9-16)21(20(18)22)25(23,24)17-13-11-15(2)12-14-17/h4-14,18-19H,3H2,1-2H3/b10-4+/t18-,19-/m0/s1. The van der Waals surface area contributed by atoms with Crippen LogP contribution in [0.5, 0.6) is 0 Å².